The lowest BCUT2D eigenvalue weighted by Gasteiger charge is -2.25. The standard InChI is InChI=1S/C18H17N2O4P/c1-24-18(23)12-7-8-15-16(11-12)20(25-2)17(22)13-5-3-4-6-14(13)19(15)9-10-21/h3-8,10-11,25H,9H2,1-2H3. The molecule has 1 atom stereocenters. The molecule has 0 radical (unpaired) electrons. The van der Waals surface area contributed by atoms with Crippen LogP contribution < -0.4 is 9.57 Å². The van der Waals surface area contributed by atoms with Crippen molar-refractivity contribution in [1.29, 1.82) is 0 Å². The molecule has 6 nitrogen and oxygen atoms in total. The number of amides is 1. The summed E-state index contributed by atoms with van der Waals surface area (Å²) in [6, 6.07) is 12.2. The third-order valence-electron chi connectivity index (χ3n) is 4.04. The van der Waals surface area contributed by atoms with E-state index in [0.29, 0.717) is 28.2 Å². The highest BCUT2D eigenvalue weighted by Crippen LogP contribution is 2.44. The first kappa shape index (κ1) is 17.1. The molecule has 3 rings (SSSR count). The molecule has 0 saturated heterocycles. The van der Waals surface area contributed by atoms with E-state index in [-0.39, 0.29) is 21.2 Å². The van der Waals surface area contributed by atoms with Crippen LogP contribution in [0, 0.1) is 0 Å². The fourth-order valence-corrected chi connectivity index (χ4v) is 3.66. The van der Waals surface area contributed by atoms with Crippen molar-refractivity contribution in [3.8, 4) is 0 Å². The van der Waals surface area contributed by atoms with Crippen LogP contribution in [0.2, 0.25) is 0 Å². The minimum atomic E-state index is -0.474. The highest BCUT2D eigenvalue weighted by molar-refractivity contribution is 7.40. The molecule has 0 N–H and O–H groups in total. The molecule has 128 valence electrons. The number of nitrogens with zero attached hydrogens (tertiary/aromatic N) is 2. The summed E-state index contributed by atoms with van der Waals surface area (Å²) >= 11 is 0. The number of ether oxygens (including phenoxy) is 1. The number of hydrogen-bond donors (Lipinski definition) is 0. The zero-order chi connectivity index (χ0) is 18.0. The summed E-state index contributed by atoms with van der Waals surface area (Å²) in [5.74, 6) is -0.633. The van der Waals surface area contributed by atoms with E-state index in [4.69, 9.17) is 4.74 Å². The van der Waals surface area contributed by atoms with Gasteiger partial charge in [-0.25, -0.2) is 4.79 Å². The molecule has 25 heavy (non-hydrogen) atoms. The van der Waals surface area contributed by atoms with Crippen molar-refractivity contribution in [2.75, 3.05) is 29.9 Å². The molecule has 0 aliphatic carbocycles. The second-order valence-electron chi connectivity index (χ2n) is 5.35. The third-order valence-corrected chi connectivity index (χ3v) is 4.93. The first-order valence-corrected chi connectivity index (χ1v) is 9.11. The Morgan fingerprint density at radius 3 is 2.60 bits per heavy atom. The third kappa shape index (κ3) is 2.89. The van der Waals surface area contributed by atoms with E-state index in [2.05, 4.69) is 0 Å². The Morgan fingerprint density at radius 2 is 1.92 bits per heavy atom. The number of methoxy groups -OCH3 is 1. The molecule has 1 unspecified atom stereocenters. The Morgan fingerprint density at radius 1 is 1.16 bits per heavy atom. The summed E-state index contributed by atoms with van der Waals surface area (Å²) in [6.07, 6.45) is 0.795. The number of esters is 1. The van der Waals surface area contributed by atoms with Gasteiger partial charge in [0.25, 0.3) is 5.91 Å². The van der Waals surface area contributed by atoms with Gasteiger partial charge in [-0.1, -0.05) is 12.1 Å². The smallest absolute Gasteiger partial charge is 0.337 e. The van der Waals surface area contributed by atoms with Crippen LogP contribution in [0.3, 0.4) is 0 Å². The molecule has 0 aromatic heterocycles. The zero-order valence-corrected chi connectivity index (χ0v) is 14.9. The first-order chi connectivity index (χ1) is 12.1. The molecular weight excluding hydrogens is 339 g/mol. The van der Waals surface area contributed by atoms with Crippen molar-refractivity contribution in [3.63, 3.8) is 0 Å². The van der Waals surface area contributed by atoms with Crippen molar-refractivity contribution < 1.29 is 19.1 Å². The Kier molecular flexibility index (Phi) is 4.81. The molecule has 7 heteroatoms. The molecule has 0 fully saturated rings. The van der Waals surface area contributed by atoms with Gasteiger partial charge in [-0.05, 0) is 45.7 Å². The lowest BCUT2D eigenvalue weighted by atomic mass is 10.1. The number of carbonyl (C=O) groups is 3. The van der Waals surface area contributed by atoms with Crippen LogP contribution in [0.5, 0.6) is 0 Å². The van der Waals surface area contributed by atoms with Gasteiger partial charge in [-0.15, -0.1) is 0 Å². The van der Waals surface area contributed by atoms with Gasteiger partial charge in [0.05, 0.1) is 41.8 Å². The summed E-state index contributed by atoms with van der Waals surface area (Å²) in [5, 5.41) is 0. The van der Waals surface area contributed by atoms with Crippen LogP contribution >= 0.6 is 8.73 Å². The Hall–Kier alpha value is -2.72. The number of hydrogen-bond acceptors (Lipinski definition) is 5. The van der Waals surface area contributed by atoms with Crippen molar-refractivity contribution in [2.45, 2.75) is 0 Å². The van der Waals surface area contributed by atoms with Gasteiger partial charge in [0.1, 0.15) is 6.29 Å². The maximum Gasteiger partial charge on any atom is 0.337 e. The van der Waals surface area contributed by atoms with Crippen molar-refractivity contribution in [2.24, 2.45) is 0 Å². The fourth-order valence-electron chi connectivity index (χ4n) is 2.92. The molecule has 2 aromatic rings. The highest BCUT2D eigenvalue weighted by atomic mass is 31.1. The van der Waals surface area contributed by atoms with E-state index in [0.717, 1.165) is 6.29 Å². The van der Waals surface area contributed by atoms with E-state index in [9.17, 15) is 14.4 Å². The van der Waals surface area contributed by atoms with Crippen LogP contribution in [0.25, 0.3) is 0 Å². The summed E-state index contributed by atoms with van der Waals surface area (Å²) in [7, 11) is 1.47. The predicted octanol–water partition coefficient (Wildman–Crippen LogP) is 2.99. The van der Waals surface area contributed by atoms with Crippen molar-refractivity contribution in [1.82, 2.24) is 0 Å². The predicted molar refractivity (Wildman–Crippen MR) is 98.3 cm³/mol. The zero-order valence-electron chi connectivity index (χ0n) is 13.9. The van der Waals surface area contributed by atoms with Crippen LogP contribution in [0.1, 0.15) is 20.7 Å². The lowest BCUT2D eigenvalue weighted by molar-refractivity contribution is -0.106. The maximum absolute atomic E-state index is 13.0. The van der Waals surface area contributed by atoms with Gasteiger partial charge >= 0.3 is 5.97 Å². The van der Waals surface area contributed by atoms with Crippen LogP contribution in [0.15, 0.2) is 42.5 Å². The quantitative estimate of drug-likeness (QED) is 0.479. The molecule has 2 aromatic carbocycles. The molecule has 1 aliphatic heterocycles. The average Bonchev–Trinajstić information content (AvgIpc) is 2.75. The minimum Gasteiger partial charge on any atom is -0.465 e. The Labute approximate surface area is 147 Å². The van der Waals surface area contributed by atoms with Crippen LogP contribution in [-0.2, 0) is 9.53 Å². The normalized spacial score (nSPS) is 13.4. The highest BCUT2D eigenvalue weighted by Gasteiger charge is 2.30. The largest absolute Gasteiger partial charge is 0.465 e. The second kappa shape index (κ2) is 7.03. The van der Waals surface area contributed by atoms with Gasteiger partial charge in [0.15, 0.2) is 0 Å². The average molecular weight is 356 g/mol. The second-order valence-corrected chi connectivity index (χ2v) is 6.25. The van der Waals surface area contributed by atoms with Crippen LogP contribution in [-0.4, -0.2) is 38.5 Å². The first-order valence-electron chi connectivity index (χ1n) is 7.66. The van der Waals surface area contributed by atoms with Crippen molar-refractivity contribution in [3.05, 3.63) is 53.6 Å². The summed E-state index contributed by atoms with van der Waals surface area (Å²) < 4.78 is 6.41. The Bertz CT molecular complexity index is 853. The molecule has 1 heterocycles. The number of carbonyl (C=O) groups excluding carboxylic acids is 3. The number of fused-ring (bicyclic) bond motifs is 2. The maximum atomic E-state index is 13.0. The SMILES string of the molecule is COC(=O)c1ccc2c(c1)N(PC)C(=O)c1ccccc1N2CC=O. The van der Waals surface area contributed by atoms with E-state index in [1.54, 1.807) is 39.9 Å². The number of para-hydroxylation sites is 1. The topological polar surface area (TPSA) is 66.9 Å². The number of aldehydes is 1. The van der Waals surface area contributed by atoms with Crippen LogP contribution in [0.4, 0.5) is 17.1 Å². The molecular formula is C18H17N2O4P. The molecule has 0 spiro atoms. The summed E-state index contributed by atoms with van der Waals surface area (Å²) in [4.78, 5) is 38.0. The minimum absolute atomic E-state index is 0.107. The number of rotatable bonds is 4. The molecule has 1 aliphatic rings. The van der Waals surface area contributed by atoms with Gasteiger partial charge < -0.3 is 14.4 Å². The summed E-state index contributed by atoms with van der Waals surface area (Å²) in [5.41, 5.74) is 2.84. The monoisotopic (exact) mass is 356 g/mol. The lowest BCUT2D eigenvalue weighted by Crippen LogP contribution is -2.21. The number of benzene rings is 2. The number of anilines is 3. The molecule has 0 saturated carbocycles. The van der Waals surface area contributed by atoms with E-state index < -0.39 is 5.97 Å². The van der Waals surface area contributed by atoms with Gasteiger partial charge in [0.2, 0.25) is 0 Å². The van der Waals surface area contributed by atoms with Gasteiger partial charge in [0, 0.05) is 0 Å². The van der Waals surface area contributed by atoms with Gasteiger partial charge in [-0.2, -0.15) is 0 Å². The Balaban J connectivity index is 2.28. The van der Waals surface area contributed by atoms with E-state index in [1.165, 1.54) is 7.11 Å². The van der Waals surface area contributed by atoms with E-state index in [1.807, 2.05) is 18.8 Å². The summed E-state index contributed by atoms with van der Waals surface area (Å²) in [6.45, 7) is 2.00. The fraction of sp³-hybridized carbons (Fsp3) is 0.167. The molecule has 0 bridgehead atoms. The van der Waals surface area contributed by atoms with Gasteiger partial charge in [-0.3, -0.25) is 9.46 Å². The van der Waals surface area contributed by atoms with Crippen molar-refractivity contribution >= 4 is 44.0 Å². The molecule has 1 amide bonds. The van der Waals surface area contributed by atoms with E-state index >= 15 is 0 Å².